The van der Waals surface area contributed by atoms with Gasteiger partial charge < -0.3 is 10.6 Å². The molecule has 1 aliphatic heterocycles. The van der Waals surface area contributed by atoms with Crippen LogP contribution in [-0.2, 0) is 6.42 Å². The first-order chi connectivity index (χ1) is 15.2. The third-order valence-corrected chi connectivity index (χ3v) is 6.17. The first-order valence-electron chi connectivity index (χ1n) is 11.3. The van der Waals surface area contributed by atoms with E-state index in [4.69, 9.17) is 4.98 Å². The van der Waals surface area contributed by atoms with E-state index in [0.29, 0.717) is 6.04 Å². The van der Waals surface area contributed by atoms with Crippen molar-refractivity contribution >= 4 is 22.1 Å². The number of nitrogens with one attached hydrogen (secondary N) is 2. The van der Waals surface area contributed by atoms with E-state index in [2.05, 4.69) is 35.8 Å². The van der Waals surface area contributed by atoms with Crippen LogP contribution in [0.4, 0.5) is 5.69 Å². The molecule has 31 heavy (non-hydrogen) atoms. The SMILES string of the molecule is CCCCc1nc2c3ccccc3ccn2c(=O)c1-c1ccc(NC2CCNC2)cc1. The number of unbranched alkanes of at least 4 members (excludes halogenated alkanes) is 1. The molecule has 5 rings (SSSR count). The fourth-order valence-electron chi connectivity index (χ4n) is 4.47. The molecular formula is C26H28N4O. The summed E-state index contributed by atoms with van der Waals surface area (Å²) in [5.74, 6) is 0. The predicted molar refractivity (Wildman–Crippen MR) is 128 cm³/mol. The van der Waals surface area contributed by atoms with Gasteiger partial charge in [0.25, 0.3) is 5.56 Å². The van der Waals surface area contributed by atoms with E-state index in [9.17, 15) is 4.79 Å². The van der Waals surface area contributed by atoms with Crippen molar-refractivity contribution in [2.45, 2.75) is 38.6 Å². The monoisotopic (exact) mass is 412 g/mol. The number of nitrogens with zero attached hydrogens (tertiary/aromatic N) is 2. The van der Waals surface area contributed by atoms with Crippen molar-refractivity contribution in [2.24, 2.45) is 0 Å². The molecule has 1 saturated heterocycles. The quantitative estimate of drug-likeness (QED) is 0.453. The molecule has 1 aliphatic rings. The highest BCUT2D eigenvalue weighted by atomic mass is 16.1. The summed E-state index contributed by atoms with van der Waals surface area (Å²) in [7, 11) is 0. The molecule has 5 nitrogen and oxygen atoms in total. The van der Waals surface area contributed by atoms with Crippen molar-refractivity contribution in [3.63, 3.8) is 0 Å². The number of pyridine rings is 1. The maximum absolute atomic E-state index is 13.6. The van der Waals surface area contributed by atoms with Gasteiger partial charge in [-0.1, -0.05) is 49.7 Å². The molecule has 1 fully saturated rings. The number of anilines is 1. The summed E-state index contributed by atoms with van der Waals surface area (Å²) >= 11 is 0. The van der Waals surface area contributed by atoms with Crippen LogP contribution in [0.2, 0.25) is 0 Å². The summed E-state index contributed by atoms with van der Waals surface area (Å²) in [6, 6.07) is 18.8. The molecule has 2 aromatic heterocycles. The molecule has 3 heterocycles. The lowest BCUT2D eigenvalue weighted by Crippen LogP contribution is -2.22. The number of hydrogen-bond donors (Lipinski definition) is 2. The van der Waals surface area contributed by atoms with Crippen LogP contribution in [0.3, 0.4) is 0 Å². The maximum atomic E-state index is 13.6. The minimum atomic E-state index is 0.00237. The Morgan fingerprint density at radius 3 is 2.74 bits per heavy atom. The van der Waals surface area contributed by atoms with Gasteiger partial charge in [0.1, 0.15) is 5.65 Å². The molecule has 0 radical (unpaired) electrons. The van der Waals surface area contributed by atoms with E-state index >= 15 is 0 Å². The third-order valence-electron chi connectivity index (χ3n) is 6.17. The van der Waals surface area contributed by atoms with E-state index in [-0.39, 0.29) is 5.56 Å². The fourth-order valence-corrected chi connectivity index (χ4v) is 4.47. The first-order valence-corrected chi connectivity index (χ1v) is 11.3. The smallest absolute Gasteiger partial charge is 0.266 e. The molecule has 1 unspecified atom stereocenters. The van der Waals surface area contributed by atoms with Crippen LogP contribution in [0.1, 0.15) is 31.9 Å². The number of aromatic nitrogens is 2. The van der Waals surface area contributed by atoms with Gasteiger partial charge >= 0.3 is 0 Å². The minimum Gasteiger partial charge on any atom is -0.381 e. The lowest BCUT2D eigenvalue weighted by Gasteiger charge is -2.15. The summed E-state index contributed by atoms with van der Waals surface area (Å²) in [6.45, 7) is 4.22. The summed E-state index contributed by atoms with van der Waals surface area (Å²) in [6.07, 6.45) is 5.85. The Balaban J connectivity index is 1.61. The van der Waals surface area contributed by atoms with Crippen molar-refractivity contribution in [2.75, 3.05) is 18.4 Å². The molecule has 2 aromatic carbocycles. The van der Waals surface area contributed by atoms with Crippen LogP contribution in [0.15, 0.2) is 65.6 Å². The second-order valence-electron chi connectivity index (χ2n) is 8.35. The molecule has 0 bridgehead atoms. The van der Waals surface area contributed by atoms with Crippen molar-refractivity contribution < 1.29 is 0 Å². The van der Waals surface area contributed by atoms with E-state index in [0.717, 1.165) is 77.7 Å². The summed E-state index contributed by atoms with van der Waals surface area (Å²) in [4.78, 5) is 18.6. The van der Waals surface area contributed by atoms with Gasteiger partial charge in [-0.2, -0.15) is 0 Å². The average molecular weight is 413 g/mol. The largest absolute Gasteiger partial charge is 0.381 e. The molecule has 0 saturated carbocycles. The van der Waals surface area contributed by atoms with E-state index in [1.807, 2.05) is 42.6 Å². The van der Waals surface area contributed by atoms with Gasteiger partial charge in [-0.25, -0.2) is 4.98 Å². The zero-order valence-electron chi connectivity index (χ0n) is 17.9. The second-order valence-corrected chi connectivity index (χ2v) is 8.35. The zero-order chi connectivity index (χ0) is 21.2. The Morgan fingerprint density at radius 1 is 1.13 bits per heavy atom. The van der Waals surface area contributed by atoms with Gasteiger partial charge in [0, 0.05) is 29.9 Å². The lowest BCUT2D eigenvalue weighted by atomic mass is 10.0. The normalized spacial score (nSPS) is 16.2. The summed E-state index contributed by atoms with van der Waals surface area (Å²) in [5.41, 5.74) is 4.38. The molecule has 0 amide bonds. The van der Waals surface area contributed by atoms with Crippen molar-refractivity contribution in [3.05, 3.63) is 76.8 Å². The molecule has 2 N–H and O–H groups in total. The minimum absolute atomic E-state index is 0.00237. The second kappa shape index (κ2) is 8.52. The van der Waals surface area contributed by atoms with Crippen LogP contribution in [-0.4, -0.2) is 28.5 Å². The zero-order valence-corrected chi connectivity index (χ0v) is 17.9. The van der Waals surface area contributed by atoms with Crippen molar-refractivity contribution in [1.29, 1.82) is 0 Å². The van der Waals surface area contributed by atoms with Gasteiger partial charge in [0.15, 0.2) is 0 Å². The highest BCUT2D eigenvalue weighted by Crippen LogP contribution is 2.26. The summed E-state index contributed by atoms with van der Waals surface area (Å²) in [5, 5.41) is 9.06. The van der Waals surface area contributed by atoms with Crippen LogP contribution < -0.4 is 16.2 Å². The van der Waals surface area contributed by atoms with Crippen LogP contribution in [0.5, 0.6) is 0 Å². The van der Waals surface area contributed by atoms with E-state index in [1.54, 1.807) is 4.40 Å². The Hall–Kier alpha value is -3.18. The number of fused-ring (bicyclic) bond motifs is 3. The Labute approximate surface area is 182 Å². The van der Waals surface area contributed by atoms with Crippen LogP contribution >= 0.6 is 0 Å². The van der Waals surface area contributed by atoms with Gasteiger partial charge in [-0.05, 0) is 55.0 Å². The number of hydrogen-bond acceptors (Lipinski definition) is 4. The van der Waals surface area contributed by atoms with Gasteiger partial charge in [-0.3, -0.25) is 9.20 Å². The Kier molecular flexibility index (Phi) is 5.43. The first kappa shape index (κ1) is 19.8. The number of aryl methyl sites for hydroxylation is 1. The van der Waals surface area contributed by atoms with Gasteiger partial charge in [0.05, 0.1) is 11.3 Å². The lowest BCUT2D eigenvalue weighted by molar-refractivity contribution is 0.775. The average Bonchev–Trinajstić information content (AvgIpc) is 3.31. The van der Waals surface area contributed by atoms with E-state index in [1.165, 1.54) is 0 Å². The van der Waals surface area contributed by atoms with Gasteiger partial charge in [-0.15, -0.1) is 0 Å². The summed E-state index contributed by atoms with van der Waals surface area (Å²) < 4.78 is 1.70. The predicted octanol–water partition coefficient (Wildman–Crippen LogP) is 4.63. The highest BCUT2D eigenvalue weighted by Gasteiger charge is 2.17. The van der Waals surface area contributed by atoms with Gasteiger partial charge in [0.2, 0.25) is 0 Å². The van der Waals surface area contributed by atoms with Crippen LogP contribution in [0.25, 0.3) is 27.5 Å². The molecule has 1 atom stereocenters. The third kappa shape index (κ3) is 3.81. The maximum Gasteiger partial charge on any atom is 0.266 e. The molecule has 0 spiro atoms. The molecule has 5 heteroatoms. The fraction of sp³-hybridized carbons (Fsp3) is 0.308. The molecular weight excluding hydrogens is 384 g/mol. The number of rotatable bonds is 6. The van der Waals surface area contributed by atoms with Crippen molar-refractivity contribution in [1.82, 2.24) is 14.7 Å². The number of benzene rings is 2. The molecule has 4 aromatic rings. The molecule has 158 valence electrons. The Morgan fingerprint density at radius 2 is 1.97 bits per heavy atom. The standard InChI is InChI=1S/C26H28N4O/c1-2-3-8-23-24(19-9-11-20(12-10-19)28-21-13-15-27-17-21)26(31)30-16-14-18-6-4-5-7-22(18)25(30)29-23/h4-7,9-12,14,16,21,27-28H,2-3,8,13,15,17H2,1H3. The highest BCUT2D eigenvalue weighted by molar-refractivity contribution is 5.94. The Bertz CT molecular complexity index is 1270. The van der Waals surface area contributed by atoms with Crippen molar-refractivity contribution in [3.8, 4) is 11.1 Å². The van der Waals surface area contributed by atoms with E-state index < -0.39 is 0 Å². The topological polar surface area (TPSA) is 58.4 Å². The van der Waals surface area contributed by atoms with Crippen LogP contribution in [0, 0.1) is 0 Å². The molecule has 0 aliphatic carbocycles.